The van der Waals surface area contributed by atoms with E-state index in [0.717, 1.165) is 60.2 Å². The fourth-order valence-corrected chi connectivity index (χ4v) is 5.66. The molecule has 0 aliphatic carbocycles. The van der Waals surface area contributed by atoms with Crippen molar-refractivity contribution in [3.63, 3.8) is 0 Å². The molecule has 1 saturated heterocycles. The molecule has 0 amide bonds. The number of piperidine rings is 1. The number of hydrogen-bond donors (Lipinski definition) is 1. The van der Waals surface area contributed by atoms with Gasteiger partial charge in [0.1, 0.15) is 11.6 Å². The number of nitrogens with zero attached hydrogens (tertiary/aromatic N) is 3. The van der Waals surface area contributed by atoms with Gasteiger partial charge in [0.2, 0.25) is 0 Å². The minimum atomic E-state index is -0.00841. The Hall–Kier alpha value is -3.01. The first-order chi connectivity index (χ1) is 17.4. The van der Waals surface area contributed by atoms with Crippen molar-refractivity contribution in [2.45, 2.75) is 45.7 Å². The molecule has 3 unspecified atom stereocenters. The van der Waals surface area contributed by atoms with Gasteiger partial charge in [-0.25, -0.2) is 4.98 Å². The van der Waals surface area contributed by atoms with Crippen molar-refractivity contribution < 1.29 is 5.11 Å². The van der Waals surface area contributed by atoms with Gasteiger partial charge >= 0.3 is 0 Å². The topological polar surface area (TPSA) is 58.4 Å². The predicted octanol–water partition coefficient (Wildman–Crippen LogP) is 5.45. The van der Waals surface area contributed by atoms with E-state index < -0.39 is 0 Å². The number of phenolic OH excluding ortho intramolecular Hbond substituents is 1. The van der Waals surface area contributed by atoms with E-state index in [2.05, 4.69) is 28.0 Å². The first kappa shape index (κ1) is 24.7. The van der Waals surface area contributed by atoms with E-state index in [-0.39, 0.29) is 11.3 Å². The van der Waals surface area contributed by atoms with Crippen LogP contribution in [0.2, 0.25) is 0 Å². The van der Waals surface area contributed by atoms with E-state index in [0.29, 0.717) is 29.4 Å². The molecular formula is C30H34N3O2P. The van der Waals surface area contributed by atoms with Gasteiger partial charge < -0.3 is 10.0 Å². The first-order valence-electron chi connectivity index (χ1n) is 12.9. The summed E-state index contributed by atoms with van der Waals surface area (Å²) in [5.74, 6) is 1.33. The number of phenols is 1. The van der Waals surface area contributed by atoms with Crippen molar-refractivity contribution in [3.8, 4) is 28.3 Å². The number of likely N-dealkylation sites (tertiary alicyclic amines) is 1. The van der Waals surface area contributed by atoms with E-state index in [1.54, 1.807) is 12.1 Å². The molecule has 1 aliphatic heterocycles. The highest BCUT2D eigenvalue weighted by Gasteiger charge is 2.25. The van der Waals surface area contributed by atoms with Gasteiger partial charge in [0, 0.05) is 24.7 Å². The monoisotopic (exact) mass is 499 g/mol. The Morgan fingerprint density at radius 1 is 1.08 bits per heavy atom. The second kappa shape index (κ2) is 10.5. The zero-order valence-electron chi connectivity index (χ0n) is 21.0. The molecule has 1 aromatic heterocycles. The maximum atomic E-state index is 14.1. The molecule has 3 atom stereocenters. The molecule has 3 aromatic carbocycles. The largest absolute Gasteiger partial charge is 0.508 e. The maximum absolute atomic E-state index is 14.1. The highest BCUT2D eigenvalue weighted by Crippen LogP contribution is 2.28. The second-order valence-electron chi connectivity index (χ2n) is 9.98. The Kier molecular flexibility index (Phi) is 7.22. The lowest BCUT2D eigenvalue weighted by molar-refractivity contribution is 0.120. The fraction of sp³-hybridized carbons (Fsp3) is 0.333. The van der Waals surface area contributed by atoms with Crippen LogP contribution in [-0.4, -0.2) is 38.7 Å². The zero-order valence-corrected chi connectivity index (χ0v) is 22.2. The third-order valence-electron chi connectivity index (χ3n) is 7.54. The van der Waals surface area contributed by atoms with Gasteiger partial charge in [-0.05, 0) is 79.3 Å². The summed E-state index contributed by atoms with van der Waals surface area (Å²) < 4.78 is 1.91. The number of aromatic nitrogens is 2. The van der Waals surface area contributed by atoms with Gasteiger partial charge in [0.15, 0.2) is 0 Å². The van der Waals surface area contributed by atoms with Crippen LogP contribution in [0.25, 0.3) is 33.4 Å². The molecule has 2 heterocycles. The number of benzene rings is 3. The van der Waals surface area contributed by atoms with Crippen molar-refractivity contribution in [2.75, 3.05) is 13.1 Å². The maximum Gasteiger partial charge on any atom is 0.261 e. The molecular weight excluding hydrogens is 465 g/mol. The van der Waals surface area contributed by atoms with E-state index in [4.69, 9.17) is 4.98 Å². The Morgan fingerprint density at radius 3 is 2.67 bits per heavy atom. The molecule has 1 N–H and O–H groups in total. The van der Waals surface area contributed by atoms with Crippen LogP contribution >= 0.6 is 9.24 Å². The molecule has 1 fully saturated rings. The molecule has 0 radical (unpaired) electrons. The van der Waals surface area contributed by atoms with Gasteiger partial charge in [-0.3, -0.25) is 9.36 Å². The van der Waals surface area contributed by atoms with Crippen molar-refractivity contribution >= 4 is 25.4 Å². The average molecular weight is 500 g/mol. The van der Waals surface area contributed by atoms with Gasteiger partial charge in [0.05, 0.1) is 10.9 Å². The highest BCUT2D eigenvalue weighted by molar-refractivity contribution is 7.27. The van der Waals surface area contributed by atoms with Crippen molar-refractivity contribution in [1.29, 1.82) is 0 Å². The predicted molar refractivity (Wildman–Crippen MR) is 152 cm³/mol. The van der Waals surface area contributed by atoms with E-state index in [1.165, 1.54) is 0 Å². The minimum absolute atomic E-state index is 0.00841. The third kappa shape index (κ3) is 4.96. The van der Waals surface area contributed by atoms with Crippen LogP contribution < -0.4 is 10.9 Å². The summed E-state index contributed by atoms with van der Waals surface area (Å²) >= 11 is 0. The number of rotatable bonds is 6. The summed E-state index contributed by atoms with van der Waals surface area (Å²) in [4.78, 5) is 21.7. The quantitative estimate of drug-likeness (QED) is 0.359. The van der Waals surface area contributed by atoms with Crippen LogP contribution in [0.3, 0.4) is 0 Å². The molecule has 0 spiro atoms. The standard InChI is InChI=1S/C30H34N3O2P/c1-3-20(2)32-15-7-8-21(18-32)19-33-29(25-11-4-5-12-28(25)36)31-27-14-13-23(17-26(27)30(33)35)22-9-6-10-24(34)16-22/h4-6,9-14,16-17,20-21,34H,3,7-8,15,18-19,36H2,1-2H3. The molecule has 186 valence electrons. The molecule has 1 aliphatic rings. The molecule has 6 heteroatoms. The van der Waals surface area contributed by atoms with Crippen LogP contribution in [0, 0.1) is 5.92 Å². The van der Waals surface area contributed by atoms with E-state index >= 15 is 0 Å². The van der Waals surface area contributed by atoms with Crippen LogP contribution in [0.5, 0.6) is 5.75 Å². The lowest BCUT2D eigenvalue weighted by Crippen LogP contribution is -2.43. The van der Waals surface area contributed by atoms with Crippen LogP contribution in [0.4, 0.5) is 0 Å². The van der Waals surface area contributed by atoms with Crippen LogP contribution in [0.15, 0.2) is 71.5 Å². The number of aromatic hydroxyl groups is 1. The van der Waals surface area contributed by atoms with Crippen LogP contribution in [0.1, 0.15) is 33.1 Å². The Bertz CT molecular complexity index is 1450. The average Bonchev–Trinajstić information content (AvgIpc) is 2.90. The summed E-state index contributed by atoms with van der Waals surface area (Å²) in [5, 5.41) is 11.6. The van der Waals surface area contributed by atoms with E-state index in [1.807, 2.05) is 59.2 Å². The number of hydrogen-bond acceptors (Lipinski definition) is 4. The van der Waals surface area contributed by atoms with Gasteiger partial charge in [-0.1, -0.05) is 49.4 Å². The lowest BCUT2D eigenvalue weighted by atomic mass is 9.96. The zero-order chi connectivity index (χ0) is 25.2. The molecule has 36 heavy (non-hydrogen) atoms. The van der Waals surface area contributed by atoms with Gasteiger partial charge in [-0.15, -0.1) is 9.24 Å². The SMILES string of the molecule is CCC(C)N1CCCC(Cn2c(-c3ccccc3P)nc3ccc(-c4cccc(O)c4)cc3c2=O)C1. The Morgan fingerprint density at radius 2 is 1.89 bits per heavy atom. The summed E-state index contributed by atoms with van der Waals surface area (Å²) in [6.45, 7) is 7.32. The van der Waals surface area contributed by atoms with Gasteiger partial charge in [0.25, 0.3) is 5.56 Å². The van der Waals surface area contributed by atoms with E-state index in [9.17, 15) is 9.90 Å². The van der Waals surface area contributed by atoms with Crippen molar-refractivity contribution in [1.82, 2.24) is 14.5 Å². The third-order valence-corrected chi connectivity index (χ3v) is 8.04. The highest BCUT2D eigenvalue weighted by atomic mass is 31.0. The lowest BCUT2D eigenvalue weighted by Gasteiger charge is -2.37. The minimum Gasteiger partial charge on any atom is -0.508 e. The molecule has 0 saturated carbocycles. The Balaban J connectivity index is 1.63. The summed E-state index contributed by atoms with van der Waals surface area (Å²) in [6, 6.07) is 21.6. The van der Waals surface area contributed by atoms with Crippen molar-refractivity contribution in [3.05, 3.63) is 77.1 Å². The van der Waals surface area contributed by atoms with Crippen LogP contribution in [-0.2, 0) is 6.54 Å². The first-order valence-corrected chi connectivity index (χ1v) is 13.4. The summed E-state index contributed by atoms with van der Waals surface area (Å²) in [7, 11) is 2.79. The molecule has 5 nitrogen and oxygen atoms in total. The summed E-state index contributed by atoms with van der Waals surface area (Å²) in [5.41, 5.74) is 3.41. The van der Waals surface area contributed by atoms with Crippen molar-refractivity contribution in [2.24, 2.45) is 5.92 Å². The molecule has 0 bridgehead atoms. The second-order valence-corrected chi connectivity index (χ2v) is 10.6. The number of fused-ring (bicyclic) bond motifs is 1. The summed E-state index contributed by atoms with van der Waals surface area (Å²) in [6.07, 6.45) is 3.40. The smallest absolute Gasteiger partial charge is 0.261 e. The normalized spacial score (nSPS) is 17.4. The Labute approximate surface area is 215 Å². The van der Waals surface area contributed by atoms with Gasteiger partial charge in [-0.2, -0.15) is 0 Å². The molecule has 5 rings (SSSR count). The molecule has 4 aromatic rings. The fourth-order valence-electron chi connectivity index (χ4n) is 5.32.